The summed E-state index contributed by atoms with van der Waals surface area (Å²) in [6.07, 6.45) is 6.35. The number of fused-ring (bicyclic) bond motifs is 1. The van der Waals surface area contributed by atoms with Gasteiger partial charge in [-0.3, -0.25) is 0 Å². The number of hydrogen-bond donors (Lipinski definition) is 2. The molecule has 3 aromatic rings. The van der Waals surface area contributed by atoms with Crippen molar-refractivity contribution in [1.29, 1.82) is 0 Å². The Bertz CT molecular complexity index is 1070. The lowest BCUT2D eigenvalue weighted by Crippen LogP contribution is -2.10. The van der Waals surface area contributed by atoms with Crippen LogP contribution in [0, 0.1) is 0 Å². The van der Waals surface area contributed by atoms with E-state index in [0.717, 1.165) is 18.5 Å². The van der Waals surface area contributed by atoms with Crippen molar-refractivity contribution >= 4 is 26.7 Å². The van der Waals surface area contributed by atoms with Crippen LogP contribution in [0.15, 0.2) is 40.1 Å². The summed E-state index contributed by atoms with van der Waals surface area (Å²) in [4.78, 5) is 12.7. The fourth-order valence-electron chi connectivity index (χ4n) is 3.95. The molecule has 1 saturated carbocycles. The second kappa shape index (κ2) is 6.96. The number of aryl methyl sites for hydroxylation is 1. The van der Waals surface area contributed by atoms with Crippen LogP contribution in [0.1, 0.15) is 56.5 Å². The lowest BCUT2D eigenvalue weighted by Gasteiger charge is -2.21. The maximum Gasteiger partial charge on any atom is 0.212 e. The molecule has 1 fully saturated rings. The summed E-state index contributed by atoms with van der Waals surface area (Å²) in [5.41, 5.74) is 8.17. The third-order valence-electron chi connectivity index (χ3n) is 5.33. The molecule has 2 aromatic heterocycles. The third kappa shape index (κ3) is 3.10. The molecule has 0 atom stereocenters. The zero-order valence-corrected chi connectivity index (χ0v) is 16.2. The summed E-state index contributed by atoms with van der Waals surface area (Å²) in [5, 5.41) is 0. The molecule has 1 aliphatic carbocycles. The van der Waals surface area contributed by atoms with E-state index in [1.807, 2.05) is 6.92 Å². The highest BCUT2D eigenvalue weighted by molar-refractivity contribution is 7.92. The topological polar surface area (TPSA) is 102 Å². The molecule has 2 heterocycles. The van der Waals surface area contributed by atoms with E-state index in [9.17, 15) is 8.42 Å². The third-order valence-corrected chi connectivity index (χ3v) is 7.18. The maximum atomic E-state index is 13.3. The molecule has 0 saturated heterocycles. The largest absolute Gasteiger partial charge is 0.384 e. The number of nitrogens with one attached hydrogen (secondary N) is 1. The van der Waals surface area contributed by atoms with E-state index in [1.54, 1.807) is 30.3 Å². The summed E-state index contributed by atoms with van der Waals surface area (Å²) in [7, 11) is -3.77. The molecule has 0 spiro atoms. The van der Waals surface area contributed by atoms with Gasteiger partial charge in [-0.1, -0.05) is 44.4 Å². The van der Waals surface area contributed by atoms with Gasteiger partial charge >= 0.3 is 0 Å². The highest BCUT2D eigenvalue weighted by atomic mass is 32.2. The van der Waals surface area contributed by atoms with Crippen molar-refractivity contribution in [3.8, 4) is 0 Å². The Morgan fingerprint density at radius 1 is 1.11 bits per heavy atom. The quantitative estimate of drug-likeness (QED) is 0.708. The molecule has 7 heteroatoms. The van der Waals surface area contributed by atoms with Crippen LogP contribution in [0.5, 0.6) is 0 Å². The SMILES string of the molecule is CCc1nc(C2CCCCC2)c2[nH]c(N)c(S(=O)(=O)c3ccccc3)c2n1. The molecule has 6 nitrogen and oxygen atoms in total. The van der Waals surface area contributed by atoms with Crippen LogP contribution >= 0.6 is 0 Å². The van der Waals surface area contributed by atoms with E-state index in [2.05, 4.69) is 9.97 Å². The number of H-pyrrole nitrogens is 1. The number of benzene rings is 1. The van der Waals surface area contributed by atoms with Crippen molar-refractivity contribution in [1.82, 2.24) is 15.0 Å². The van der Waals surface area contributed by atoms with Gasteiger partial charge in [0.15, 0.2) is 0 Å². The average Bonchev–Trinajstić information content (AvgIpc) is 3.04. The average molecular weight is 385 g/mol. The van der Waals surface area contributed by atoms with Gasteiger partial charge < -0.3 is 10.7 Å². The van der Waals surface area contributed by atoms with Crippen molar-refractivity contribution in [2.75, 3.05) is 5.73 Å². The number of rotatable bonds is 4. The van der Waals surface area contributed by atoms with Crippen LogP contribution < -0.4 is 5.73 Å². The molecule has 142 valence electrons. The maximum absolute atomic E-state index is 13.3. The number of aromatic nitrogens is 3. The first-order valence-corrected chi connectivity index (χ1v) is 11.0. The Balaban J connectivity index is 1.96. The molecule has 27 heavy (non-hydrogen) atoms. The fourth-order valence-corrected chi connectivity index (χ4v) is 5.45. The highest BCUT2D eigenvalue weighted by Crippen LogP contribution is 2.39. The number of sulfone groups is 1. The zero-order valence-electron chi connectivity index (χ0n) is 15.4. The number of aromatic amines is 1. The van der Waals surface area contributed by atoms with Crippen molar-refractivity contribution in [2.45, 2.75) is 61.2 Å². The minimum Gasteiger partial charge on any atom is -0.384 e. The molecule has 1 aromatic carbocycles. The molecule has 3 N–H and O–H groups in total. The molecule has 0 amide bonds. The Labute approximate surface area is 159 Å². The van der Waals surface area contributed by atoms with E-state index in [-0.39, 0.29) is 15.6 Å². The summed E-state index contributed by atoms with van der Waals surface area (Å²) in [6.45, 7) is 1.98. The normalized spacial score (nSPS) is 16.0. The predicted molar refractivity (Wildman–Crippen MR) is 105 cm³/mol. The Morgan fingerprint density at radius 2 is 1.81 bits per heavy atom. The highest BCUT2D eigenvalue weighted by Gasteiger charge is 2.30. The molecule has 1 aliphatic rings. The Morgan fingerprint density at radius 3 is 2.48 bits per heavy atom. The molecule has 4 rings (SSSR count). The first-order chi connectivity index (χ1) is 13.0. The zero-order chi connectivity index (χ0) is 19.0. The number of nitrogens with zero attached hydrogens (tertiary/aromatic N) is 2. The minimum atomic E-state index is -3.77. The van der Waals surface area contributed by atoms with Crippen LogP contribution in [-0.2, 0) is 16.3 Å². The first kappa shape index (κ1) is 18.0. The summed E-state index contributed by atoms with van der Waals surface area (Å²) < 4.78 is 26.5. The monoisotopic (exact) mass is 384 g/mol. The van der Waals surface area contributed by atoms with Crippen molar-refractivity contribution in [3.63, 3.8) is 0 Å². The van der Waals surface area contributed by atoms with Gasteiger partial charge in [-0.2, -0.15) is 0 Å². The second-order valence-corrected chi connectivity index (χ2v) is 9.01. The van der Waals surface area contributed by atoms with Gasteiger partial charge in [0.1, 0.15) is 22.1 Å². The van der Waals surface area contributed by atoms with Crippen molar-refractivity contribution < 1.29 is 8.42 Å². The second-order valence-electron chi connectivity index (χ2n) is 7.12. The fraction of sp³-hybridized carbons (Fsp3) is 0.400. The Kier molecular flexibility index (Phi) is 4.63. The minimum absolute atomic E-state index is 0.0675. The molecule has 0 aliphatic heterocycles. The van der Waals surface area contributed by atoms with Crippen LogP contribution in [0.3, 0.4) is 0 Å². The van der Waals surface area contributed by atoms with Crippen molar-refractivity contribution in [3.05, 3.63) is 41.9 Å². The van der Waals surface area contributed by atoms with Crippen LogP contribution in [0.25, 0.3) is 11.0 Å². The van der Waals surface area contributed by atoms with Gasteiger partial charge in [-0.05, 0) is 25.0 Å². The molecule has 0 radical (unpaired) electrons. The Hall–Kier alpha value is -2.41. The molecule has 0 bridgehead atoms. The summed E-state index contributed by atoms with van der Waals surface area (Å²) in [5.74, 6) is 1.11. The van der Waals surface area contributed by atoms with E-state index in [4.69, 9.17) is 10.7 Å². The smallest absolute Gasteiger partial charge is 0.212 e. The van der Waals surface area contributed by atoms with Gasteiger partial charge in [0, 0.05) is 12.3 Å². The van der Waals surface area contributed by atoms with Gasteiger partial charge in [0.25, 0.3) is 0 Å². The summed E-state index contributed by atoms with van der Waals surface area (Å²) in [6, 6.07) is 8.36. The lowest BCUT2D eigenvalue weighted by molar-refractivity contribution is 0.437. The molecule has 0 unspecified atom stereocenters. The van der Waals surface area contributed by atoms with Crippen LogP contribution in [-0.4, -0.2) is 23.4 Å². The van der Waals surface area contributed by atoms with Gasteiger partial charge in [0.05, 0.1) is 16.1 Å². The standard InChI is InChI=1S/C20H24N4O2S/c1-2-15-22-16(13-9-5-3-6-10-13)17-18(23-15)19(20(21)24-17)27(25,26)14-11-7-4-8-12-14/h4,7-8,11-13,24H,2-3,5-6,9-10,21H2,1H3. The first-order valence-electron chi connectivity index (χ1n) is 9.50. The summed E-state index contributed by atoms with van der Waals surface area (Å²) >= 11 is 0. The van der Waals surface area contributed by atoms with Gasteiger partial charge in [-0.15, -0.1) is 0 Å². The molecular weight excluding hydrogens is 360 g/mol. The van der Waals surface area contributed by atoms with Crippen molar-refractivity contribution in [2.24, 2.45) is 0 Å². The van der Waals surface area contributed by atoms with Crippen LogP contribution in [0.2, 0.25) is 0 Å². The van der Waals surface area contributed by atoms with Gasteiger partial charge in [-0.25, -0.2) is 18.4 Å². The van der Waals surface area contributed by atoms with E-state index in [0.29, 0.717) is 29.2 Å². The number of nitrogens with two attached hydrogens (primary N) is 1. The number of hydrogen-bond acceptors (Lipinski definition) is 5. The van der Waals surface area contributed by atoms with Crippen LogP contribution in [0.4, 0.5) is 5.82 Å². The number of anilines is 1. The predicted octanol–water partition coefficient (Wildman–Crippen LogP) is 3.98. The van der Waals surface area contributed by atoms with E-state index < -0.39 is 9.84 Å². The number of nitrogen functional groups attached to an aromatic ring is 1. The van der Waals surface area contributed by atoms with E-state index >= 15 is 0 Å². The van der Waals surface area contributed by atoms with E-state index in [1.165, 1.54) is 19.3 Å². The molecular formula is C20H24N4O2S. The van der Waals surface area contributed by atoms with Gasteiger partial charge in [0.2, 0.25) is 9.84 Å². The lowest BCUT2D eigenvalue weighted by atomic mass is 9.86.